The summed E-state index contributed by atoms with van der Waals surface area (Å²) in [5.74, 6) is 0. The van der Waals surface area contributed by atoms with Crippen molar-refractivity contribution in [1.82, 2.24) is 43.9 Å². The number of benzene rings is 1. The lowest BCUT2D eigenvalue weighted by molar-refractivity contribution is 0.730. The zero-order valence-electron chi connectivity index (χ0n) is 18.0. The molecule has 32 heavy (non-hydrogen) atoms. The van der Waals surface area contributed by atoms with Gasteiger partial charge in [-0.2, -0.15) is 5.10 Å². The molecule has 5 aromatic heterocycles. The summed E-state index contributed by atoms with van der Waals surface area (Å²) in [4.78, 5) is 22.3. The van der Waals surface area contributed by atoms with E-state index in [0.717, 1.165) is 55.6 Å². The lowest BCUT2D eigenvalue weighted by atomic mass is 10.0. The molecule has 0 bridgehead atoms. The number of fused-ring (bicyclic) bond motifs is 4. The molecule has 0 aliphatic heterocycles. The predicted molar refractivity (Wildman–Crippen MR) is 121 cm³/mol. The number of aryl methyl sites for hydroxylation is 4. The Morgan fingerprint density at radius 1 is 0.938 bits per heavy atom. The van der Waals surface area contributed by atoms with Gasteiger partial charge in [-0.15, -0.1) is 5.10 Å². The molecule has 0 radical (unpaired) electrons. The number of pyridine rings is 2. The Kier molecular flexibility index (Phi) is 3.65. The van der Waals surface area contributed by atoms with Crippen LogP contribution in [0.5, 0.6) is 0 Å². The van der Waals surface area contributed by atoms with E-state index in [-0.39, 0.29) is 5.69 Å². The second-order valence-corrected chi connectivity index (χ2v) is 7.95. The SMILES string of the molecule is Cc1nn(C)cc1-n1c(=O)n(C)c2cnc3ccc(-c4cnc5c(c4)nnn5C)cc3c21. The molecular formula is C22H19N9O. The van der Waals surface area contributed by atoms with Gasteiger partial charge < -0.3 is 0 Å². The molecule has 0 fully saturated rings. The van der Waals surface area contributed by atoms with Gasteiger partial charge in [0, 0.05) is 44.5 Å². The maximum absolute atomic E-state index is 13.2. The molecule has 0 unspecified atom stereocenters. The van der Waals surface area contributed by atoms with Crippen LogP contribution in [0.15, 0.2) is 47.7 Å². The molecule has 0 atom stereocenters. The van der Waals surface area contributed by atoms with Gasteiger partial charge in [0.05, 0.1) is 34.1 Å². The summed E-state index contributed by atoms with van der Waals surface area (Å²) >= 11 is 0. The van der Waals surface area contributed by atoms with Crippen molar-refractivity contribution in [1.29, 1.82) is 0 Å². The van der Waals surface area contributed by atoms with Crippen LogP contribution in [0.1, 0.15) is 5.69 Å². The summed E-state index contributed by atoms with van der Waals surface area (Å²) in [6, 6.07) is 7.98. The minimum absolute atomic E-state index is 0.140. The topological polar surface area (TPSA) is 101 Å². The van der Waals surface area contributed by atoms with Crippen LogP contribution in [0.3, 0.4) is 0 Å². The smallest absolute Gasteiger partial charge is 0.293 e. The summed E-state index contributed by atoms with van der Waals surface area (Å²) in [5.41, 5.74) is 7.07. The molecule has 0 N–H and O–H groups in total. The predicted octanol–water partition coefficient (Wildman–Crippen LogP) is 2.26. The highest BCUT2D eigenvalue weighted by molar-refractivity contribution is 6.04. The van der Waals surface area contributed by atoms with Crippen LogP contribution in [-0.2, 0) is 21.1 Å². The van der Waals surface area contributed by atoms with E-state index in [1.54, 1.807) is 31.7 Å². The highest BCUT2D eigenvalue weighted by Crippen LogP contribution is 2.30. The van der Waals surface area contributed by atoms with E-state index in [1.807, 2.05) is 57.7 Å². The maximum Gasteiger partial charge on any atom is 0.333 e. The number of hydrogen-bond acceptors (Lipinski definition) is 6. The van der Waals surface area contributed by atoms with Gasteiger partial charge in [-0.25, -0.2) is 14.5 Å². The normalized spacial score (nSPS) is 11.9. The molecule has 0 saturated carbocycles. The van der Waals surface area contributed by atoms with Crippen LogP contribution >= 0.6 is 0 Å². The molecule has 10 nitrogen and oxygen atoms in total. The molecular weight excluding hydrogens is 406 g/mol. The van der Waals surface area contributed by atoms with Crippen molar-refractivity contribution in [2.24, 2.45) is 21.1 Å². The van der Waals surface area contributed by atoms with E-state index >= 15 is 0 Å². The summed E-state index contributed by atoms with van der Waals surface area (Å²) in [7, 11) is 5.42. The zero-order chi connectivity index (χ0) is 22.1. The Hall–Kier alpha value is -4.34. The van der Waals surface area contributed by atoms with Crippen LogP contribution in [0.2, 0.25) is 0 Å². The first-order valence-electron chi connectivity index (χ1n) is 10.1. The molecule has 0 spiro atoms. The number of hydrogen-bond donors (Lipinski definition) is 0. The van der Waals surface area contributed by atoms with Crippen molar-refractivity contribution in [3.63, 3.8) is 0 Å². The van der Waals surface area contributed by atoms with Gasteiger partial charge in [0.25, 0.3) is 0 Å². The van der Waals surface area contributed by atoms with E-state index in [0.29, 0.717) is 0 Å². The molecule has 0 aliphatic rings. The third-order valence-electron chi connectivity index (χ3n) is 5.89. The number of rotatable bonds is 2. The minimum Gasteiger partial charge on any atom is -0.293 e. The number of imidazole rings is 1. The quantitative estimate of drug-likeness (QED) is 0.422. The molecule has 0 amide bonds. The highest BCUT2D eigenvalue weighted by Gasteiger charge is 2.19. The average molecular weight is 425 g/mol. The zero-order valence-corrected chi connectivity index (χ0v) is 18.0. The number of nitrogens with zero attached hydrogens (tertiary/aromatic N) is 9. The molecule has 6 rings (SSSR count). The lowest BCUT2D eigenvalue weighted by Gasteiger charge is -2.07. The standard InChI is InChI=1S/C22H19N9O/c1-12-19(11-28(2)26-12)31-20-15-7-13(14-8-17-21(24-9-14)30(4)27-25-17)5-6-16(15)23-10-18(20)29(3)22(31)32/h5-11H,1-4H3. The van der Waals surface area contributed by atoms with E-state index in [2.05, 4.69) is 25.4 Å². The molecule has 1 aromatic carbocycles. The second kappa shape index (κ2) is 6.33. The Bertz CT molecular complexity index is 1750. The van der Waals surface area contributed by atoms with Crippen molar-refractivity contribution in [2.45, 2.75) is 6.92 Å². The van der Waals surface area contributed by atoms with E-state index < -0.39 is 0 Å². The Labute approximate surface area is 181 Å². The Morgan fingerprint density at radius 2 is 1.78 bits per heavy atom. The van der Waals surface area contributed by atoms with Crippen LogP contribution < -0.4 is 5.69 Å². The summed E-state index contributed by atoms with van der Waals surface area (Å²) < 4.78 is 6.70. The van der Waals surface area contributed by atoms with Gasteiger partial charge in [0.15, 0.2) is 5.65 Å². The van der Waals surface area contributed by atoms with Crippen molar-refractivity contribution < 1.29 is 0 Å². The second-order valence-electron chi connectivity index (χ2n) is 7.95. The molecule has 5 heterocycles. The lowest BCUT2D eigenvalue weighted by Crippen LogP contribution is -2.21. The third kappa shape index (κ3) is 2.46. The van der Waals surface area contributed by atoms with Gasteiger partial charge in [-0.3, -0.25) is 18.8 Å². The van der Waals surface area contributed by atoms with Crippen LogP contribution in [0.4, 0.5) is 0 Å². The van der Waals surface area contributed by atoms with Gasteiger partial charge in [0.1, 0.15) is 5.52 Å². The number of aromatic nitrogens is 9. The highest BCUT2D eigenvalue weighted by atomic mass is 16.1. The summed E-state index contributed by atoms with van der Waals surface area (Å²) in [5, 5.41) is 13.5. The van der Waals surface area contributed by atoms with Gasteiger partial charge in [0.2, 0.25) is 0 Å². The van der Waals surface area contributed by atoms with E-state index in [9.17, 15) is 4.79 Å². The van der Waals surface area contributed by atoms with E-state index in [1.165, 1.54) is 0 Å². The fourth-order valence-corrected chi connectivity index (χ4v) is 4.29. The van der Waals surface area contributed by atoms with Crippen molar-refractivity contribution in [2.75, 3.05) is 0 Å². The molecule has 0 aliphatic carbocycles. The molecule has 0 saturated heterocycles. The van der Waals surface area contributed by atoms with Crippen LogP contribution in [0, 0.1) is 6.92 Å². The third-order valence-corrected chi connectivity index (χ3v) is 5.89. The average Bonchev–Trinajstić information content (AvgIpc) is 3.41. The summed E-state index contributed by atoms with van der Waals surface area (Å²) in [6.07, 6.45) is 5.41. The molecule has 6 aromatic rings. The monoisotopic (exact) mass is 425 g/mol. The van der Waals surface area contributed by atoms with E-state index in [4.69, 9.17) is 0 Å². The van der Waals surface area contributed by atoms with Crippen molar-refractivity contribution >= 4 is 33.1 Å². The first-order valence-corrected chi connectivity index (χ1v) is 10.1. The largest absolute Gasteiger partial charge is 0.333 e. The van der Waals surface area contributed by atoms with Crippen molar-refractivity contribution in [3.05, 3.63) is 59.0 Å². The maximum atomic E-state index is 13.2. The Balaban J connectivity index is 1.68. The first-order chi connectivity index (χ1) is 15.4. The van der Waals surface area contributed by atoms with Gasteiger partial charge >= 0.3 is 5.69 Å². The van der Waals surface area contributed by atoms with Crippen LogP contribution in [-0.4, -0.2) is 43.9 Å². The van der Waals surface area contributed by atoms with Gasteiger partial charge in [-0.05, 0) is 30.7 Å². The summed E-state index contributed by atoms with van der Waals surface area (Å²) in [6.45, 7) is 1.90. The van der Waals surface area contributed by atoms with Crippen molar-refractivity contribution in [3.8, 4) is 16.8 Å². The fourth-order valence-electron chi connectivity index (χ4n) is 4.29. The molecule has 158 valence electrons. The first kappa shape index (κ1) is 18.4. The Morgan fingerprint density at radius 3 is 2.56 bits per heavy atom. The van der Waals surface area contributed by atoms with Gasteiger partial charge in [-0.1, -0.05) is 11.3 Å². The van der Waals surface area contributed by atoms with Crippen LogP contribution in [0.25, 0.3) is 49.9 Å². The molecule has 10 heteroatoms. The fraction of sp³-hybridized carbons (Fsp3) is 0.182. The minimum atomic E-state index is -0.140.